The summed E-state index contributed by atoms with van der Waals surface area (Å²) >= 11 is 0. The number of aromatic amines is 1. The molecule has 0 spiro atoms. The number of ether oxygens (including phenoxy) is 2. The molecule has 5 nitrogen and oxygen atoms in total. The fourth-order valence-corrected chi connectivity index (χ4v) is 2.25. The van der Waals surface area contributed by atoms with Gasteiger partial charge in [0, 0.05) is 6.92 Å². The van der Waals surface area contributed by atoms with Gasteiger partial charge in [-0.2, -0.15) is 0 Å². The maximum Gasteiger partial charge on any atom is 0.355 e. The molecular formula is C16H25NO4. The van der Waals surface area contributed by atoms with E-state index in [1.807, 2.05) is 34.6 Å². The van der Waals surface area contributed by atoms with Gasteiger partial charge < -0.3 is 14.5 Å². The SMILES string of the molecule is CCc1c(COC(C)=O)[nH]c(C(=O)OC(C)(C)C)c1CC. The number of hydrogen-bond acceptors (Lipinski definition) is 4. The highest BCUT2D eigenvalue weighted by molar-refractivity contribution is 5.90. The van der Waals surface area contributed by atoms with Crippen LogP contribution in [0.2, 0.25) is 0 Å². The summed E-state index contributed by atoms with van der Waals surface area (Å²) in [7, 11) is 0. The zero-order valence-corrected chi connectivity index (χ0v) is 13.8. The summed E-state index contributed by atoms with van der Waals surface area (Å²) in [4.78, 5) is 26.3. The molecule has 0 aliphatic heterocycles. The summed E-state index contributed by atoms with van der Waals surface area (Å²) < 4.78 is 10.5. The van der Waals surface area contributed by atoms with E-state index in [-0.39, 0.29) is 18.5 Å². The van der Waals surface area contributed by atoms with Gasteiger partial charge in [0.05, 0.1) is 5.69 Å². The van der Waals surface area contributed by atoms with E-state index in [1.54, 1.807) is 0 Å². The Morgan fingerprint density at radius 3 is 2.10 bits per heavy atom. The van der Waals surface area contributed by atoms with Gasteiger partial charge in [0.25, 0.3) is 0 Å². The lowest BCUT2D eigenvalue weighted by Gasteiger charge is -2.19. The van der Waals surface area contributed by atoms with Crippen LogP contribution in [-0.4, -0.2) is 22.5 Å². The van der Waals surface area contributed by atoms with Crippen LogP contribution in [0.15, 0.2) is 0 Å². The maximum absolute atomic E-state index is 12.3. The molecule has 0 aromatic carbocycles. The van der Waals surface area contributed by atoms with Crippen LogP contribution in [0.3, 0.4) is 0 Å². The third-order valence-corrected chi connectivity index (χ3v) is 3.04. The van der Waals surface area contributed by atoms with Crippen molar-refractivity contribution in [2.24, 2.45) is 0 Å². The average molecular weight is 295 g/mol. The highest BCUT2D eigenvalue weighted by atomic mass is 16.6. The Morgan fingerprint density at radius 2 is 1.67 bits per heavy atom. The molecule has 21 heavy (non-hydrogen) atoms. The summed E-state index contributed by atoms with van der Waals surface area (Å²) in [6, 6.07) is 0. The molecule has 118 valence electrons. The molecule has 1 aromatic rings. The molecule has 0 amide bonds. The van der Waals surface area contributed by atoms with Gasteiger partial charge in [0.15, 0.2) is 0 Å². The average Bonchev–Trinajstić information content (AvgIpc) is 2.71. The Morgan fingerprint density at radius 1 is 1.10 bits per heavy atom. The summed E-state index contributed by atoms with van der Waals surface area (Å²) in [5.41, 5.74) is 2.65. The Hall–Kier alpha value is -1.78. The largest absolute Gasteiger partial charge is 0.459 e. The fourth-order valence-electron chi connectivity index (χ4n) is 2.25. The van der Waals surface area contributed by atoms with Crippen LogP contribution in [0.1, 0.15) is 68.9 Å². The maximum atomic E-state index is 12.3. The van der Waals surface area contributed by atoms with Crippen molar-refractivity contribution in [2.45, 2.75) is 66.6 Å². The molecule has 0 aliphatic carbocycles. The second kappa shape index (κ2) is 6.78. The topological polar surface area (TPSA) is 68.4 Å². The van der Waals surface area contributed by atoms with Gasteiger partial charge in [-0.1, -0.05) is 13.8 Å². The third kappa shape index (κ3) is 4.62. The van der Waals surface area contributed by atoms with E-state index in [0.29, 0.717) is 12.1 Å². The highest BCUT2D eigenvalue weighted by Crippen LogP contribution is 2.24. The predicted octanol–water partition coefficient (Wildman–Crippen LogP) is 3.16. The number of H-pyrrole nitrogens is 1. The van der Waals surface area contributed by atoms with E-state index >= 15 is 0 Å². The fraction of sp³-hybridized carbons (Fsp3) is 0.625. The van der Waals surface area contributed by atoms with E-state index in [0.717, 1.165) is 23.2 Å². The molecule has 0 bridgehead atoms. The lowest BCUT2D eigenvalue weighted by Crippen LogP contribution is -2.24. The minimum atomic E-state index is -0.546. The van der Waals surface area contributed by atoms with Crippen molar-refractivity contribution in [1.82, 2.24) is 4.98 Å². The van der Waals surface area contributed by atoms with Crippen molar-refractivity contribution in [3.63, 3.8) is 0 Å². The van der Waals surface area contributed by atoms with Gasteiger partial charge in [-0.15, -0.1) is 0 Å². The second-order valence-electron chi connectivity index (χ2n) is 5.92. The molecule has 1 heterocycles. The molecule has 0 fully saturated rings. The van der Waals surface area contributed by atoms with E-state index in [9.17, 15) is 9.59 Å². The van der Waals surface area contributed by atoms with Crippen molar-refractivity contribution < 1.29 is 19.1 Å². The smallest absolute Gasteiger partial charge is 0.355 e. The number of hydrogen-bond donors (Lipinski definition) is 1. The molecule has 0 atom stereocenters. The second-order valence-corrected chi connectivity index (χ2v) is 5.92. The standard InChI is InChI=1S/C16H25NO4/c1-7-11-12(8-2)14(15(19)21-16(4,5)6)17-13(11)9-20-10(3)18/h17H,7-9H2,1-6H3. The number of carbonyl (C=O) groups excluding carboxylic acids is 2. The summed E-state index contributed by atoms with van der Waals surface area (Å²) in [5, 5.41) is 0. The Kier molecular flexibility index (Phi) is 5.58. The van der Waals surface area contributed by atoms with Gasteiger partial charge in [-0.05, 0) is 44.7 Å². The van der Waals surface area contributed by atoms with Crippen LogP contribution in [-0.2, 0) is 33.7 Å². The van der Waals surface area contributed by atoms with Crippen molar-refractivity contribution in [3.05, 3.63) is 22.5 Å². The molecule has 0 unspecified atom stereocenters. The molecule has 0 aliphatic rings. The Labute approximate surface area is 126 Å². The number of rotatable bonds is 5. The molecule has 1 N–H and O–H groups in total. The van der Waals surface area contributed by atoms with E-state index in [1.165, 1.54) is 6.92 Å². The molecule has 1 rings (SSSR count). The monoisotopic (exact) mass is 295 g/mol. The van der Waals surface area contributed by atoms with Crippen LogP contribution >= 0.6 is 0 Å². The summed E-state index contributed by atoms with van der Waals surface area (Å²) in [5.74, 6) is -0.716. The number of nitrogens with one attached hydrogen (secondary N) is 1. The van der Waals surface area contributed by atoms with Crippen molar-refractivity contribution in [1.29, 1.82) is 0 Å². The van der Waals surface area contributed by atoms with Gasteiger partial charge in [0.2, 0.25) is 0 Å². The lowest BCUT2D eigenvalue weighted by atomic mass is 10.0. The number of esters is 2. The van der Waals surface area contributed by atoms with E-state index in [2.05, 4.69) is 4.98 Å². The molecule has 0 saturated carbocycles. The van der Waals surface area contributed by atoms with Gasteiger partial charge >= 0.3 is 11.9 Å². The quantitative estimate of drug-likeness (QED) is 0.847. The van der Waals surface area contributed by atoms with Crippen molar-refractivity contribution >= 4 is 11.9 Å². The Balaban J connectivity index is 3.14. The zero-order valence-electron chi connectivity index (χ0n) is 13.8. The normalized spacial score (nSPS) is 11.3. The highest BCUT2D eigenvalue weighted by Gasteiger charge is 2.25. The molecule has 0 radical (unpaired) electrons. The van der Waals surface area contributed by atoms with Crippen molar-refractivity contribution in [3.8, 4) is 0 Å². The molecule has 0 saturated heterocycles. The van der Waals surface area contributed by atoms with Crippen molar-refractivity contribution in [2.75, 3.05) is 0 Å². The summed E-state index contributed by atoms with van der Waals surface area (Å²) in [6.07, 6.45) is 1.48. The number of carbonyl (C=O) groups is 2. The van der Waals surface area contributed by atoms with Gasteiger partial charge in [0.1, 0.15) is 17.9 Å². The molecule has 5 heteroatoms. The van der Waals surface area contributed by atoms with E-state index in [4.69, 9.17) is 9.47 Å². The van der Waals surface area contributed by atoms with Gasteiger partial charge in [-0.25, -0.2) is 4.79 Å². The first-order valence-electron chi connectivity index (χ1n) is 7.28. The van der Waals surface area contributed by atoms with Crippen LogP contribution in [0.4, 0.5) is 0 Å². The third-order valence-electron chi connectivity index (χ3n) is 3.04. The Bertz CT molecular complexity index is 523. The lowest BCUT2D eigenvalue weighted by molar-refractivity contribution is -0.142. The van der Waals surface area contributed by atoms with E-state index < -0.39 is 5.60 Å². The minimum absolute atomic E-state index is 0.147. The first-order valence-corrected chi connectivity index (χ1v) is 7.28. The zero-order chi connectivity index (χ0) is 16.2. The first-order chi connectivity index (χ1) is 9.69. The summed E-state index contributed by atoms with van der Waals surface area (Å²) in [6.45, 7) is 11.0. The van der Waals surface area contributed by atoms with Crippen LogP contribution in [0.25, 0.3) is 0 Å². The first kappa shape index (κ1) is 17.3. The van der Waals surface area contributed by atoms with Crippen LogP contribution < -0.4 is 0 Å². The molecular weight excluding hydrogens is 270 g/mol. The molecule has 1 aromatic heterocycles. The minimum Gasteiger partial charge on any atom is -0.459 e. The predicted molar refractivity (Wildman–Crippen MR) is 80.2 cm³/mol. The van der Waals surface area contributed by atoms with Crippen LogP contribution in [0.5, 0.6) is 0 Å². The number of aromatic nitrogens is 1. The van der Waals surface area contributed by atoms with Crippen LogP contribution in [0, 0.1) is 0 Å². The van der Waals surface area contributed by atoms with Gasteiger partial charge in [-0.3, -0.25) is 4.79 Å².